The van der Waals surface area contributed by atoms with Gasteiger partial charge >= 0.3 is 6.03 Å². The van der Waals surface area contributed by atoms with Gasteiger partial charge in [0.25, 0.3) is 0 Å². The molecular weight excluding hydrogens is 263 g/mol. The number of carbonyl (C=O) groups excluding carboxylic acids is 1. The van der Waals surface area contributed by atoms with Crippen LogP contribution in [0.2, 0.25) is 0 Å². The summed E-state index contributed by atoms with van der Waals surface area (Å²) in [4.78, 5) is 11.8. The second-order valence-corrected chi connectivity index (χ2v) is 4.03. The summed E-state index contributed by atoms with van der Waals surface area (Å²) in [6, 6.07) is 4.80. The Labute approximate surface area is 114 Å². The van der Waals surface area contributed by atoms with Crippen molar-refractivity contribution in [2.75, 3.05) is 10.6 Å². The van der Waals surface area contributed by atoms with E-state index in [0.717, 1.165) is 0 Å². The first kappa shape index (κ1) is 13.5. The molecule has 0 fully saturated rings. The summed E-state index contributed by atoms with van der Waals surface area (Å²) < 4.78 is 14.1. The van der Waals surface area contributed by atoms with Crippen LogP contribution in [-0.4, -0.2) is 21.6 Å². The lowest BCUT2D eigenvalue weighted by Crippen LogP contribution is -2.23. The van der Waals surface area contributed by atoms with Crippen LogP contribution < -0.4 is 16.4 Å². The van der Waals surface area contributed by atoms with Crippen molar-refractivity contribution in [3.63, 3.8) is 0 Å². The number of aryl methyl sites for hydroxylation is 1. The normalized spacial score (nSPS) is 10.1. The van der Waals surface area contributed by atoms with Crippen molar-refractivity contribution in [2.24, 2.45) is 12.8 Å². The maximum atomic E-state index is 12.7. The zero-order valence-corrected chi connectivity index (χ0v) is 10.6. The summed E-state index contributed by atoms with van der Waals surface area (Å²) in [5.74, 6) is -0.284. The highest BCUT2D eigenvalue weighted by molar-refractivity contribution is 6.05. The average Bonchev–Trinajstić information content (AvgIpc) is 2.74. The second kappa shape index (κ2) is 5.39. The van der Waals surface area contributed by atoms with Crippen LogP contribution in [-0.2, 0) is 7.05 Å². The highest BCUT2D eigenvalue weighted by Gasteiger charge is 2.13. The van der Waals surface area contributed by atoms with Crippen LogP contribution in [0.1, 0.15) is 5.56 Å². The third kappa shape index (κ3) is 2.91. The number of hydrogen-bond donors (Lipinski definition) is 4. The fourth-order valence-electron chi connectivity index (χ4n) is 1.59. The van der Waals surface area contributed by atoms with E-state index in [2.05, 4.69) is 15.7 Å². The summed E-state index contributed by atoms with van der Waals surface area (Å²) in [6.07, 6.45) is 1.38. The first-order chi connectivity index (χ1) is 9.47. The van der Waals surface area contributed by atoms with E-state index in [1.54, 1.807) is 7.05 Å². The van der Waals surface area contributed by atoms with Crippen molar-refractivity contribution in [2.45, 2.75) is 0 Å². The van der Waals surface area contributed by atoms with Gasteiger partial charge in [0.15, 0.2) is 0 Å². The van der Waals surface area contributed by atoms with E-state index in [4.69, 9.17) is 11.1 Å². The lowest BCUT2D eigenvalue weighted by atomic mass is 10.3. The van der Waals surface area contributed by atoms with E-state index in [0.29, 0.717) is 17.1 Å². The van der Waals surface area contributed by atoms with Gasteiger partial charge in [-0.05, 0) is 24.3 Å². The smallest absolute Gasteiger partial charge is 0.324 e. The summed E-state index contributed by atoms with van der Waals surface area (Å²) in [5.41, 5.74) is 6.15. The molecule has 2 rings (SSSR count). The number of amides is 2. The van der Waals surface area contributed by atoms with E-state index in [-0.39, 0.29) is 11.7 Å². The van der Waals surface area contributed by atoms with Crippen LogP contribution in [0.15, 0.2) is 30.5 Å². The molecule has 0 radical (unpaired) electrons. The molecule has 0 atom stereocenters. The van der Waals surface area contributed by atoms with E-state index in [9.17, 15) is 9.18 Å². The number of nitrogens with one attached hydrogen (secondary N) is 3. The van der Waals surface area contributed by atoms with E-state index < -0.39 is 6.03 Å². The van der Waals surface area contributed by atoms with E-state index >= 15 is 0 Å². The Morgan fingerprint density at radius 1 is 1.35 bits per heavy atom. The molecule has 5 N–H and O–H groups in total. The minimum atomic E-state index is -0.539. The molecule has 0 saturated heterocycles. The molecule has 1 aromatic carbocycles. The van der Waals surface area contributed by atoms with E-state index in [1.807, 2.05) is 0 Å². The number of aromatic nitrogens is 2. The fraction of sp³-hybridized carbons (Fsp3) is 0.0833. The van der Waals surface area contributed by atoms with Crippen LogP contribution in [0.5, 0.6) is 0 Å². The molecule has 2 amide bonds. The number of rotatable bonds is 3. The minimum Gasteiger partial charge on any atom is -0.384 e. The Morgan fingerprint density at radius 2 is 2.00 bits per heavy atom. The molecule has 1 aromatic heterocycles. The topological polar surface area (TPSA) is 109 Å². The number of urea groups is 1. The van der Waals surface area contributed by atoms with Crippen molar-refractivity contribution in [3.8, 4) is 0 Å². The molecule has 20 heavy (non-hydrogen) atoms. The maximum absolute atomic E-state index is 12.7. The van der Waals surface area contributed by atoms with Gasteiger partial charge < -0.3 is 11.1 Å². The van der Waals surface area contributed by atoms with Crippen molar-refractivity contribution < 1.29 is 9.18 Å². The molecular formula is C12H13FN6O. The largest absolute Gasteiger partial charge is 0.384 e. The predicted octanol–water partition coefficient (Wildman–Crippen LogP) is 1.49. The number of halogens is 1. The van der Waals surface area contributed by atoms with Gasteiger partial charge in [-0.1, -0.05) is 0 Å². The minimum absolute atomic E-state index is 0.199. The zero-order chi connectivity index (χ0) is 14.7. The lowest BCUT2D eigenvalue weighted by Gasteiger charge is -2.09. The Morgan fingerprint density at radius 3 is 2.60 bits per heavy atom. The fourth-order valence-corrected chi connectivity index (χ4v) is 1.59. The molecule has 0 saturated carbocycles. The number of hydrogen-bond acceptors (Lipinski definition) is 3. The maximum Gasteiger partial charge on any atom is 0.324 e. The summed E-state index contributed by atoms with van der Waals surface area (Å²) in [6.45, 7) is 0. The summed E-state index contributed by atoms with van der Waals surface area (Å²) in [7, 11) is 1.61. The quantitative estimate of drug-likeness (QED) is 0.503. The zero-order valence-electron chi connectivity index (χ0n) is 10.6. The van der Waals surface area contributed by atoms with Crippen molar-refractivity contribution >= 4 is 23.4 Å². The van der Waals surface area contributed by atoms with Crippen molar-refractivity contribution in [3.05, 3.63) is 41.8 Å². The third-order valence-corrected chi connectivity index (χ3v) is 2.56. The second-order valence-electron chi connectivity index (χ2n) is 4.03. The summed E-state index contributed by atoms with van der Waals surface area (Å²) in [5, 5.41) is 16.4. The molecule has 0 spiro atoms. The van der Waals surface area contributed by atoms with Gasteiger partial charge in [-0.2, -0.15) is 5.10 Å². The molecule has 0 aliphatic heterocycles. The van der Waals surface area contributed by atoms with Crippen LogP contribution in [0, 0.1) is 11.2 Å². The van der Waals surface area contributed by atoms with Gasteiger partial charge in [0.2, 0.25) is 0 Å². The van der Waals surface area contributed by atoms with Gasteiger partial charge in [0.05, 0.1) is 11.8 Å². The van der Waals surface area contributed by atoms with Crippen LogP contribution in [0.4, 0.5) is 20.7 Å². The first-order valence-electron chi connectivity index (χ1n) is 5.67. The first-order valence-corrected chi connectivity index (χ1v) is 5.67. The van der Waals surface area contributed by atoms with Crippen LogP contribution in [0.3, 0.4) is 0 Å². The number of nitrogens with zero attached hydrogens (tertiary/aromatic N) is 2. The number of nitrogen functional groups attached to an aromatic ring is 1. The highest BCUT2D eigenvalue weighted by Crippen LogP contribution is 2.14. The molecule has 0 unspecified atom stereocenters. The molecule has 0 bridgehead atoms. The highest BCUT2D eigenvalue weighted by atomic mass is 19.1. The van der Waals surface area contributed by atoms with Crippen LogP contribution >= 0.6 is 0 Å². The number of anilines is 2. The monoisotopic (exact) mass is 276 g/mol. The number of amidine groups is 1. The Balaban J connectivity index is 2.10. The molecule has 1 heterocycles. The number of benzene rings is 1. The van der Waals surface area contributed by atoms with Gasteiger partial charge in [-0.3, -0.25) is 15.4 Å². The predicted molar refractivity (Wildman–Crippen MR) is 73.3 cm³/mol. The average molecular weight is 276 g/mol. The molecule has 104 valence electrons. The molecule has 8 heteroatoms. The SMILES string of the molecule is Cn1ncc(C(=N)N)c1NC(=O)Nc1ccc(F)cc1. The molecule has 0 aliphatic carbocycles. The van der Waals surface area contributed by atoms with Gasteiger partial charge in [-0.25, -0.2) is 9.18 Å². The molecule has 7 nitrogen and oxygen atoms in total. The Kier molecular flexibility index (Phi) is 3.65. The molecule has 2 aromatic rings. The standard InChI is InChI=1S/C12H13FN6O/c1-19-11(9(6-16-19)10(14)15)18-12(20)17-8-4-2-7(13)3-5-8/h2-6H,1H3,(H3,14,15)(H2,17,18,20). The lowest BCUT2D eigenvalue weighted by molar-refractivity contribution is 0.262. The van der Waals surface area contributed by atoms with Crippen LogP contribution in [0.25, 0.3) is 0 Å². The number of nitrogens with two attached hydrogens (primary N) is 1. The summed E-state index contributed by atoms with van der Waals surface area (Å²) >= 11 is 0. The third-order valence-electron chi connectivity index (χ3n) is 2.56. The van der Waals surface area contributed by atoms with Gasteiger partial charge in [-0.15, -0.1) is 0 Å². The molecule has 0 aliphatic rings. The number of carbonyl (C=O) groups is 1. The Hall–Kier alpha value is -2.90. The van der Waals surface area contributed by atoms with Crippen molar-refractivity contribution in [1.82, 2.24) is 9.78 Å². The van der Waals surface area contributed by atoms with Gasteiger partial charge in [0.1, 0.15) is 17.5 Å². The van der Waals surface area contributed by atoms with Crippen molar-refractivity contribution in [1.29, 1.82) is 5.41 Å². The van der Waals surface area contributed by atoms with E-state index in [1.165, 1.54) is 35.1 Å². The van der Waals surface area contributed by atoms with Gasteiger partial charge in [0, 0.05) is 12.7 Å². The Bertz CT molecular complexity index is 648.